The summed E-state index contributed by atoms with van der Waals surface area (Å²) in [5, 5.41) is 3.38. The molecule has 3 heteroatoms. The lowest BCUT2D eigenvalue weighted by molar-refractivity contribution is 0.498. The molecule has 0 heterocycles. The second-order valence-corrected chi connectivity index (χ2v) is 5.42. The van der Waals surface area contributed by atoms with E-state index in [2.05, 4.69) is 28.2 Å². The summed E-state index contributed by atoms with van der Waals surface area (Å²) in [4.78, 5) is 0. The Balaban J connectivity index is 1.90. The van der Waals surface area contributed by atoms with Gasteiger partial charge in [-0.1, -0.05) is 19.1 Å². The molecular formula is C12H15BrFN. The van der Waals surface area contributed by atoms with Gasteiger partial charge in [0.25, 0.3) is 0 Å². The maximum atomic E-state index is 13.2. The van der Waals surface area contributed by atoms with Gasteiger partial charge in [-0.2, -0.15) is 0 Å². The largest absolute Gasteiger partial charge is 0.312 e. The molecular weight excluding hydrogens is 257 g/mol. The highest BCUT2D eigenvalue weighted by molar-refractivity contribution is 9.10. The van der Waals surface area contributed by atoms with Crippen molar-refractivity contribution in [2.24, 2.45) is 5.41 Å². The number of rotatable bonds is 4. The lowest BCUT2D eigenvalue weighted by Gasteiger charge is -2.11. The Morgan fingerprint density at radius 2 is 2.20 bits per heavy atom. The Morgan fingerprint density at radius 1 is 1.47 bits per heavy atom. The van der Waals surface area contributed by atoms with Crippen LogP contribution in [0.3, 0.4) is 0 Å². The molecule has 0 unspecified atom stereocenters. The molecule has 1 aromatic carbocycles. The molecule has 0 bridgehead atoms. The first-order valence-electron chi connectivity index (χ1n) is 5.24. The van der Waals surface area contributed by atoms with E-state index in [0.29, 0.717) is 9.89 Å². The molecule has 1 N–H and O–H groups in total. The topological polar surface area (TPSA) is 12.0 Å². The van der Waals surface area contributed by atoms with Gasteiger partial charge in [-0.15, -0.1) is 0 Å². The molecule has 0 spiro atoms. The van der Waals surface area contributed by atoms with Gasteiger partial charge >= 0.3 is 0 Å². The van der Waals surface area contributed by atoms with Crippen LogP contribution in [0.4, 0.5) is 4.39 Å². The second kappa shape index (κ2) is 4.22. The summed E-state index contributed by atoms with van der Waals surface area (Å²) >= 11 is 3.26. The monoisotopic (exact) mass is 271 g/mol. The minimum atomic E-state index is -0.188. The molecule has 82 valence electrons. The van der Waals surface area contributed by atoms with Crippen LogP contribution in [0.15, 0.2) is 22.7 Å². The third kappa shape index (κ3) is 2.79. The van der Waals surface area contributed by atoms with Crippen molar-refractivity contribution in [1.82, 2.24) is 5.32 Å². The zero-order valence-electron chi connectivity index (χ0n) is 8.82. The van der Waals surface area contributed by atoms with Crippen LogP contribution >= 0.6 is 15.9 Å². The van der Waals surface area contributed by atoms with Crippen molar-refractivity contribution in [2.45, 2.75) is 26.3 Å². The minimum Gasteiger partial charge on any atom is -0.312 e. The molecule has 0 aromatic heterocycles. The van der Waals surface area contributed by atoms with Crippen molar-refractivity contribution in [2.75, 3.05) is 6.54 Å². The molecule has 1 aliphatic rings. The average Bonchev–Trinajstić information content (AvgIpc) is 2.92. The van der Waals surface area contributed by atoms with E-state index < -0.39 is 0 Å². The first kappa shape index (κ1) is 11.1. The number of hydrogen-bond acceptors (Lipinski definition) is 1. The number of benzene rings is 1. The standard InChI is InChI=1S/C12H15BrFN/c1-12(5-6-12)8-15-7-9-3-2-4-10(14)11(9)13/h2-4,15H,5-8H2,1H3. The summed E-state index contributed by atoms with van der Waals surface area (Å²) in [7, 11) is 0. The van der Waals surface area contributed by atoms with Gasteiger partial charge in [-0.05, 0) is 45.8 Å². The lowest BCUT2D eigenvalue weighted by atomic mass is 10.1. The van der Waals surface area contributed by atoms with Crippen LogP contribution in [-0.2, 0) is 6.54 Å². The van der Waals surface area contributed by atoms with Crippen molar-refractivity contribution in [3.05, 3.63) is 34.1 Å². The minimum absolute atomic E-state index is 0.188. The van der Waals surface area contributed by atoms with Gasteiger partial charge in [-0.25, -0.2) is 4.39 Å². The number of nitrogens with one attached hydrogen (secondary N) is 1. The molecule has 0 amide bonds. The van der Waals surface area contributed by atoms with Crippen LogP contribution in [-0.4, -0.2) is 6.54 Å². The molecule has 1 saturated carbocycles. The van der Waals surface area contributed by atoms with E-state index in [4.69, 9.17) is 0 Å². The molecule has 1 aromatic rings. The Labute approximate surface area is 98.2 Å². The lowest BCUT2D eigenvalue weighted by Crippen LogP contribution is -2.21. The van der Waals surface area contributed by atoms with Crippen molar-refractivity contribution in [3.8, 4) is 0 Å². The molecule has 15 heavy (non-hydrogen) atoms. The number of hydrogen-bond donors (Lipinski definition) is 1. The summed E-state index contributed by atoms with van der Waals surface area (Å²) in [5.74, 6) is -0.188. The maximum absolute atomic E-state index is 13.2. The fourth-order valence-corrected chi connectivity index (χ4v) is 1.98. The quantitative estimate of drug-likeness (QED) is 0.884. The molecule has 0 radical (unpaired) electrons. The van der Waals surface area contributed by atoms with Crippen LogP contribution in [0.5, 0.6) is 0 Å². The van der Waals surface area contributed by atoms with Gasteiger partial charge < -0.3 is 5.32 Å². The van der Waals surface area contributed by atoms with E-state index in [1.165, 1.54) is 18.9 Å². The van der Waals surface area contributed by atoms with Gasteiger partial charge in [-0.3, -0.25) is 0 Å². The van der Waals surface area contributed by atoms with Crippen LogP contribution < -0.4 is 5.32 Å². The van der Waals surface area contributed by atoms with Crippen LogP contribution in [0.1, 0.15) is 25.3 Å². The molecule has 0 aliphatic heterocycles. The Hall–Kier alpha value is -0.410. The van der Waals surface area contributed by atoms with Crippen LogP contribution in [0.2, 0.25) is 0 Å². The molecule has 1 fully saturated rings. The Morgan fingerprint density at radius 3 is 2.87 bits per heavy atom. The van der Waals surface area contributed by atoms with Crippen LogP contribution in [0, 0.1) is 11.2 Å². The van der Waals surface area contributed by atoms with E-state index in [0.717, 1.165) is 18.7 Å². The Kier molecular flexibility index (Phi) is 3.12. The number of halogens is 2. The summed E-state index contributed by atoms with van der Waals surface area (Å²) in [6, 6.07) is 5.15. The van der Waals surface area contributed by atoms with Crippen molar-refractivity contribution in [1.29, 1.82) is 0 Å². The van der Waals surface area contributed by atoms with Gasteiger partial charge in [0.1, 0.15) is 5.82 Å². The predicted octanol–water partition coefficient (Wildman–Crippen LogP) is 3.48. The molecule has 0 saturated heterocycles. The van der Waals surface area contributed by atoms with E-state index in [9.17, 15) is 4.39 Å². The zero-order valence-corrected chi connectivity index (χ0v) is 10.4. The molecule has 0 atom stereocenters. The highest BCUT2D eigenvalue weighted by Crippen LogP contribution is 2.44. The van der Waals surface area contributed by atoms with E-state index in [-0.39, 0.29) is 5.82 Å². The first-order chi connectivity index (χ1) is 7.11. The maximum Gasteiger partial charge on any atom is 0.137 e. The fourth-order valence-electron chi connectivity index (χ4n) is 1.57. The van der Waals surface area contributed by atoms with Crippen molar-refractivity contribution in [3.63, 3.8) is 0 Å². The summed E-state index contributed by atoms with van der Waals surface area (Å²) in [5.41, 5.74) is 1.49. The Bertz CT molecular complexity index is 361. The van der Waals surface area contributed by atoms with Gasteiger partial charge in [0.05, 0.1) is 4.47 Å². The zero-order chi connectivity index (χ0) is 10.9. The highest BCUT2D eigenvalue weighted by Gasteiger charge is 2.36. The summed E-state index contributed by atoms with van der Waals surface area (Å²) in [6.45, 7) is 4.03. The van der Waals surface area contributed by atoms with Gasteiger partial charge in [0.2, 0.25) is 0 Å². The van der Waals surface area contributed by atoms with Crippen molar-refractivity contribution < 1.29 is 4.39 Å². The van der Waals surface area contributed by atoms with E-state index in [1.54, 1.807) is 6.07 Å². The summed E-state index contributed by atoms with van der Waals surface area (Å²) < 4.78 is 13.8. The van der Waals surface area contributed by atoms with E-state index >= 15 is 0 Å². The summed E-state index contributed by atoms with van der Waals surface area (Å²) in [6.07, 6.45) is 2.62. The second-order valence-electron chi connectivity index (χ2n) is 4.63. The van der Waals surface area contributed by atoms with Gasteiger partial charge in [0, 0.05) is 13.1 Å². The van der Waals surface area contributed by atoms with Crippen LogP contribution in [0.25, 0.3) is 0 Å². The average molecular weight is 272 g/mol. The predicted molar refractivity (Wildman–Crippen MR) is 63.1 cm³/mol. The van der Waals surface area contributed by atoms with Gasteiger partial charge in [0.15, 0.2) is 0 Å². The normalized spacial score (nSPS) is 17.8. The molecule has 1 aliphatic carbocycles. The molecule has 2 rings (SSSR count). The van der Waals surface area contributed by atoms with Crippen molar-refractivity contribution >= 4 is 15.9 Å². The fraction of sp³-hybridized carbons (Fsp3) is 0.500. The molecule has 1 nitrogen and oxygen atoms in total. The van der Waals surface area contributed by atoms with E-state index in [1.807, 2.05) is 6.07 Å². The SMILES string of the molecule is CC1(CNCc2cccc(F)c2Br)CC1. The highest BCUT2D eigenvalue weighted by atomic mass is 79.9. The third-order valence-corrected chi connectivity index (χ3v) is 3.89. The first-order valence-corrected chi connectivity index (χ1v) is 6.04. The smallest absolute Gasteiger partial charge is 0.137 e. The third-order valence-electron chi connectivity index (χ3n) is 3.00.